The first-order valence-electron chi connectivity index (χ1n) is 8.81. The smallest absolute Gasteiger partial charge is 0.406 e. The monoisotopic (exact) mass is 344 g/mol. The molecule has 1 heterocycles. The fourth-order valence-electron chi connectivity index (χ4n) is 3.00. The molecule has 2 rings (SSSR count). The van der Waals surface area contributed by atoms with Gasteiger partial charge in [-0.15, -0.1) is 13.2 Å². The summed E-state index contributed by atoms with van der Waals surface area (Å²) in [6, 6.07) is 6.20. The van der Waals surface area contributed by atoms with Gasteiger partial charge < -0.3 is 15.0 Å². The molecule has 0 radical (unpaired) electrons. The molecule has 1 N–H and O–H groups in total. The predicted molar refractivity (Wildman–Crippen MR) is 89.2 cm³/mol. The zero-order valence-electron chi connectivity index (χ0n) is 14.1. The van der Waals surface area contributed by atoms with E-state index in [1.807, 2.05) is 0 Å². The van der Waals surface area contributed by atoms with Crippen LogP contribution in [0.2, 0.25) is 0 Å². The molecule has 1 aliphatic rings. The number of halogens is 3. The summed E-state index contributed by atoms with van der Waals surface area (Å²) in [6.07, 6.45) is 2.17. The summed E-state index contributed by atoms with van der Waals surface area (Å²) in [5, 5.41) is 3.41. The van der Waals surface area contributed by atoms with Crippen molar-refractivity contribution in [3.05, 3.63) is 29.8 Å². The highest BCUT2D eigenvalue weighted by Gasteiger charge is 2.30. The van der Waals surface area contributed by atoms with Gasteiger partial charge in [-0.05, 0) is 63.0 Å². The topological polar surface area (TPSA) is 24.5 Å². The second kappa shape index (κ2) is 9.89. The SMILES string of the molecule is FC(F)(F)Oc1ccc(CCCCCCN2CCCNCC2)cc1. The number of alkyl halides is 3. The van der Waals surface area contributed by atoms with E-state index in [0.29, 0.717) is 0 Å². The number of nitrogens with zero attached hydrogens (tertiary/aromatic N) is 1. The average molecular weight is 344 g/mol. The second-order valence-corrected chi connectivity index (χ2v) is 6.30. The molecule has 0 bridgehead atoms. The molecule has 1 aromatic carbocycles. The van der Waals surface area contributed by atoms with Crippen LogP contribution in [0.25, 0.3) is 0 Å². The van der Waals surface area contributed by atoms with Crippen LogP contribution in [0.3, 0.4) is 0 Å². The van der Waals surface area contributed by atoms with E-state index in [2.05, 4.69) is 15.0 Å². The Bertz CT molecular complexity index is 454. The van der Waals surface area contributed by atoms with Gasteiger partial charge in [0, 0.05) is 13.1 Å². The van der Waals surface area contributed by atoms with Crippen molar-refractivity contribution < 1.29 is 17.9 Å². The van der Waals surface area contributed by atoms with E-state index < -0.39 is 6.36 Å². The highest BCUT2D eigenvalue weighted by molar-refractivity contribution is 5.27. The number of unbranched alkanes of at least 4 members (excludes halogenated alkanes) is 3. The van der Waals surface area contributed by atoms with Gasteiger partial charge in [-0.3, -0.25) is 0 Å². The third-order valence-electron chi connectivity index (χ3n) is 4.28. The Morgan fingerprint density at radius 2 is 1.71 bits per heavy atom. The Labute approximate surface area is 142 Å². The Morgan fingerprint density at radius 3 is 2.46 bits per heavy atom. The van der Waals surface area contributed by atoms with Gasteiger partial charge in [0.25, 0.3) is 0 Å². The molecule has 1 saturated heterocycles. The summed E-state index contributed by atoms with van der Waals surface area (Å²) in [5.74, 6) is -0.154. The fraction of sp³-hybridized carbons (Fsp3) is 0.667. The Balaban J connectivity index is 1.55. The molecule has 0 unspecified atom stereocenters. The number of hydrogen-bond donors (Lipinski definition) is 1. The summed E-state index contributed by atoms with van der Waals surface area (Å²) in [6.45, 7) is 5.73. The maximum Gasteiger partial charge on any atom is 0.573 e. The Hall–Kier alpha value is -1.27. The zero-order valence-corrected chi connectivity index (χ0v) is 14.1. The van der Waals surface area contributed by atoms with Crippen molar-refractivity contribution in [2.24, 2.45) is 0 Å². The molecule has 136 valence electrons. The van der Waals surface area contributed by atoms with Crippen LogP contribution in [-0.4, -0.2) is 44.0 Å². The van der Waals surface area contributed by atoms with E-state index in [1.54, 1.807) is 12.1 Å². The van der Waals surface area contributed by atoms with E-state index >= 15 is 0 Å². The lowest BCUT2D eigenvalue weighted by molar-refractivity contribution is -0.274. The molecule has 0 atom stereocenters. The van der Waals surface area contributed by atoms with Gasteiger partial charge in [0.05, 0.1) is 0 Å². The van der Waals surface area contributed by atoms with E-state index in [9.17, 15) is 13.2 Å². The molecule has 0 spiro atoms. The van der Waals surface area contributed by atoms with Gasteiger partial charge in [-0.2, -0.15) is 0 Å². The molecule has 0 saturated carbocycles. The van der Waals surface area contributed by atoms with Crippen LogP contribution in [0.1, 0.15) is 37.7 Å². The van der Waals surface area contributed by atoms with Crippen LogP contribution < -0.4 is 10.1 Å². The minimum Gasteiger partial charge on any atom is -0.406 e. The highest BCUT2D eigenvalue weighted by atomic mass is 19.4. The van der Waals surface area contributed by atoms with Gasteiger partial charge in [0.15, 0.2) is 0 Å². The summed E-state index contributed by atoms with van der Waals surface area (Å²) < 4.78 is 40.1. The summed E-state index contributed by atoms with van der Waals surface area (Å²) >= 11 is 0. The lowest BCUT2D eigenvalue weighted by Crippen LogP contribution is -2.29. The largest absolute Gasteiger partial charge is 0.573 e. The third-order valence-corrected chi connectivity index (χ3v) is 4.28. The van der Waals surface area contributed by atoms with Crippen molar-refractivity contribution in [1.82, 2.24) is 10.2 Å². The Morgan fingerprint density at radius 1 is 0.958 bits per heavy atom. The lowest BCUT2D eigenvalue weighted by atomic mass is 10.1. The number of ether oxygens (including phenoxy) is 1. The van der Waals surface area contributed by atoms with Crippen molar-refractivity contribution in [3.63, 3.8) is 0 Å². The van der Waals surface area contributed by atoms with Crippen molar-refractivity contribution in [2.75, 3.05) is 32.7 Å². The Kier molecular flexibility index (Phi) is 7.85. The fourth-order valence-corrected chi connectivity index (χ4v) is 3.00. The van der Waals surface area contributed by atoms with Gasteiger partial charge >= 0.3 is 6.36 Å². The molecular weight excluding hydrogens is 317 g/mol. The first-order chi connectivity index (χ1) is 11.5. The van der Waals surface area contributed by atoms with Crippen LogP contribution in [0, 0.1) is 0 Å². The normalized spacial score (nSPS) is 16.8. The molecule has 24 heavy (non-hydrogen) atoms. The number of aryl methyl sites for hydroxylation is 1. The highest BCUT2D eigenvalue weighted by Crippen LogP contribution is 2.23. The first kappa shape index (κ1) is 19.1. The number of nitrogens with one attached hydrogen (secondary N) is 1. The van der Waals surface area contributed by atoms with Gasteiger partial charge in [-0.1, -0.05) is 25.0 Å². The van der Waals surface area contributed by atoms with Crippen LogP contribution in [-0.2, 0) is 6.42 Å². The molecule has 1 aliphatic heterocycles. The predicted octanol–water partition coefficient (Wildman–Crippen LogP) is 3.98. The van der Waals surface area contributed by atoms with Crippen LogP contribution in [0.4, 0.5) is 13.2 Å². The van der Waals surface area contributed by atoms with E-state index in [-0.39, 0.29) is 5.75 Å². The lowest BCUT2D eigenvalue weighted by Gasteiger charge is -2.18. The van der Waals surface area contributed by atoms with Crippen molar-refractivity contribution >= 4 is 0 Å². The van der Waals surface area contributed by atoms with Crippen LogP contribution in [0.5, 0.6) is 5.75 Å². The minimum atomic E-state index is -4.62. The maximum absolute atomic E-state index is 12.1. The van der Waals surface area contributed by atoms with Crippen molar-refractivity contribution in [2.45, 2.75) is 44.9 Å². The number of hydrogen-bond acceptors (Lipinski definition) is 3. The molecule has 0 aliphatic carbocycles. The summed E-state index contributed by atoms with van der Waals surface area (Å²) in [7, 11) is 0. The molecule has 0 amide bonds. The number of rotatable bonds is 8. The van der Waals surface area contributed by atoms with E-state index in [4.69, 9.17) is 0 Å². The quantitative estimate of drug-likeness (QED) is 0.722. The second-order valence-electron chi connectivity index (χ2n) is 6.30. The zero-order chi connectivity index (χ0) is 17.3. The van der Waals surface area contributed by atoms with Crippen molar-refractivity contribution in [3.8, 4) is 5.75 Å². The van der Waals surface area contributed by atoms with Gasteiger partial charge in [0.2, 0.25) is 0 Å². The van der Waals surface area contributed by atoms with Crippen LogP contribution in [0.15, 0.2) is 24.3 Å². The molecular formula is C18H27F3N2O. The van der Waals surface area contributed by atoms with E-state index in [0.717, 1.165) is 44.5 Å². The number of benzene rings is 1. The summed E-state index contributed by atoms with van der Waals surface area (Å²) in [4.78, 5) is 2.53. The minimum absolute atomic E-state index is 0.154. The molecule has 3 nitrogen and oxygen atoms in total. The molecule has 1 aromatic rings. The average Bonchev–Trinajstić information content (AvgIpc) is 2.79. The standard InChI is InChI=1S/C18H27F3N2O/c19-18(20,21)24-17-9-7-16(8-10-17)6-3-1-2-4-13-23-14-5-11-22-12-15-23/h7-10,22H,1-6,11-15H2. The summed E-state index contributed by atoms with van der Waals surface area (Å²) in [5.41, 5.74) is 1.06. The van der Waals surface area contributed by atoms with Crippen LogP contribution >= 0.6 is 0 Å². The van der Waals surface area contributed by atoms with Gasteiger partial charge in [0.1, 0.15) is 5.75 Å². The third kappa shape index (κ3) is 8.02. The maximum atomic E-state index is 12.1. The van der Waals surface area contributed by atoms with Gasteiger partial charge in [-0.25, -0.2) is 0 Å². The molecule has 1 fully saturated rings. The van der Waals surface area contributed by atoms with E-state index in [1.165, 1.54) is 44.5 Å². The molecule has 0 aromatic heterocycles. The first-order valence-corrected chi connectivity index (χ1v) is 8.81. The molecule has 6 heteroatoms. The van der Waals surface area contributed by atoms with Crippen molar-refractivity contribution in [1.29, 1.82) is 0 Å².